The van der Waals surface area contributed by atoms with Gasteiger partial charge in [-0.15, -0.1) is 0 Å². The smallest absolute Gasteiger partial charge is 0.383 e. The number of alkyl halides is 3. The molecule has 2 aromatic carbocycles. The second-order valence-electron chi connectivity index (χ2n) is 6.12. The van der Waals surface area contributed by atoms with Crippen molar-refractivity contribution in [2.45, 2.75) is 13.1 Å². The van der Waals surface area contributed by atoms with Gasteiger partial charge in [0.25, 0.3) is 5.91 Å². The number of carbonyl (C=O) groups excluding carboxylic acids is 1. The van der Waals surface area contributed by atoms with E-state index in [-0.39, 0.29) is 11.4 Å². The van der Waals surface area contributed by atoms with E-state index in [2.05, 4.69) is 10.3 Å². The Morgan fingerprint density at radius 3 is 2.39 bits per heavy atom. The number of amides is 1. The number of carbonyl (C=O) groups is 1. The number of aryl methyl sites for hydroxylation is 1. The molecule has 1 amide bonds. The summed E-state index contributed by atoms with van der Waals surface area (Å²) in [5.41, 5.74) is 7.32. The summed E-state index contributed by atoms with van der Waals surface area (Å²) in [5.74, 6) is -0.521. The highest BCUT2D eigenvalue weighted by Gasteiger charge is 2.30. The number of nitrogens with two attached hydrogens (primary N) is 1. The van der Waals surface area contributed by atoms with Gasteiger partial charge in [-0.2, -0.15) is 13.2 Å². The molecule has 0 saturated heterocycles. The van der Waals surface area contributed by atoms with Crippen LogP contribution >= 0.6 is 11.6 Å². The molecule has 1 aromatic heterocycles. The second-order valence-corrected chi connectivity index (χ2v) is 6.52. The maximum absolute atomic E-state index is 12.7. The fourth-order valence-electron chi connectivity index (χ4n) is 2.64. The summed E-state index contributed by atoms with van der Waals surface area (Å²) < 4.78 is 38.2. The predicted molar refractivity (Wildman–Crippen MR) is 103 cm³/mol. The predicted octanol–water partition coefficient (Wildman–Crippen LogP) is 5.56. The zero-order valence-corrected chi connectivity index (χ0v) is 15.4. The molecule has 0 aliphatic carbocycles. The van der Waals surface area contributed by atoms with Crippen molar-refractivity contribution in [1.82, 2.24) is 4.98 Å². The van der Waals surface area contributed by atoms with Crippen LogP contribution in [-0.4, -0.2) is 10.9 Å². The van der Waals surface area contributed by atoms with Gasteiger partial charge in [0, 0.05) is 11.8 Å². The van der Waals surface area contributed by atoms with Crippen molar-refractivity contribution < 1.29 is 18.0 Å². The van der Waals surface area contributed by atoms with Crippen LogP contribution in [0.3, 0.4) is 0 Å². The van der Waals surface area contributed by atoms with Gasteiger partial charge in [0.15, 0.2) is 0 Å². The summed E-state index contributed by atoms with van der Waals surface area (Å²) in [6, 6.07) is 11.2. The average Bonchev–Trinajstić information content (AvgIpc) is 2.64. The highest BCUT2D eigenvalue weighted by atomic mass is 35.5. The molecule has 3 aromatic rings. The minimum absolute atomic E-state index is 0.00197. The number of pyridine rings is 1. The van der Waals surface area contributed by atoms with Crippen LogP contribution in [0.1, 0.15) is 21.5 Å². The van der Waals surface area contributed by atoms with Crippen LogP contribution in [0.4, 0.5) is 24.7 Å². The summed E-state index contributed by atoms with van der Waals surface area (Å²) in [7, 11) is 0. The van der Waals surface area contributed by atoms with Gasteiger partial charge >= 0.3 is 6.18 Å². The standard InChI is InChI=1S/C20H15ClF3N3O/c1-11-3-2-4-16(21)17(11)27-19(28)15-9-13(10-26-18(15)25)12-5-7-14(8-6-12)20(22,23)24/h2-10H,1H3,(H2,25,26)(H,27,28). The topological polar surface area (TPSA) is 68.0 Å². The molecule has 3 N–H and O–H groups in total. The van der Waals surface area contributed by atoms with E-state index >= 15 is 0 Å². The third-order valence-electron chi connectivity index (χ3n) is 4.17. The molecule has 0 saturated carbocycles. The third kappa shape index (κ3) is 4.09. The lowest BCUT2D eigenvalue weighted by Gasteiger charge is -2.12. The Morgan fingerprint density at radius 1 is 1.11 bits per heavy atom. The summed E-state index contributed by atoms with van der Waals surface area (Å²) in [5, 5.41) is 3.08. The van der Waals surface area contributed by atoms with E-state index in [1.165, 1.54) is 24.4 Å². The Balaban J connectivity index is 1.92. The normalized spacial score (nSPS) is 11.3. The van der Waals surface area contributed by atoms with Crippen molar-refractivity contribution in [3.63, 3.8) is 0 Å². The minimum atomic E-state index is -4.42. The van der Waals surface area contributed by atoms with Crippen molar-refractivity contribution in [2.75, 3.05) is 11.1 Å². The lowest BCUT2D eigenvalue weighted by atomic mass is 10.0. The van der Waals surface area contributed by atoms with E-state index in [1.807, 2.05) is 0 Å². The highest BCUT2D eigenvalue weighted by Crippen LogP contribution is 2.32. The maximum atomic E-state index is 12.7. The van der Waals surface area contributed by atoms with Crippen LogP contribution < -0.4 is 11.1 Å². The summed E-state index contributed by atoms with van der Waals surface area (Å²) in [4.78, 5) is 16.7. The molecule has 0 bridgehead atoms. The Labute approximate surface area is 164 Å². The third-order valence-corrected chi connectivity index (χ3v) is 4.48. The number of nitrogen functional groups attached to an aromatic ring is 1. The van der Waals surface area contributed by atoms with Crippen LogP contribution in [0.5, 0.6) is 0 Å². The number of hydrogen-bond donors (Lipinski definition) is 2. The van der Waals surface area contributed by atoms with Gasteiger partial charge in [0.2, 0.25) is 0 Å². The van der Waals surface area contributed by atoms with Crippen molar-refractivity contribution in [2.24, 2.45) is 0 Å². The van der Waals surface area contributed by atoms with E-state index in [9.17, 15) is 18.0 Å². The fourth-order valence-corrected chi connectivity index (χ4v) is 2.91. The monoisotopic (exact) mass is 405 g/mol. The van der Waals surface area contributed by atoms with Crippen LogP contribution in [0, 0.1) is 6.92 Å². The van der Waals surface area contributed by atoms with E-state index in [0.717, 1.165) is 17.7 Å². The molecule has 0 aliphatic heterocycles. The van der Waals surface area contributed by atoms with Gasteiger partial charge in [-0.25, -0.2) is 4.98 Å². The first-order valence-electron chi connectivity index (χ1n) is 8.16. The van der Waals surface area contributed by atoms with E-state index in [0.29, 0.717) is 21.8 Å². The fraction of sp³-hybridized carbons (Fsp3) is 0.100. The van der Waals surface area contributed by atoms with Gasteiger partial charge in [-0.05, 0) is 42.3 Å². The lowest BCUT2D eigenvalue weighted by Crippen LogP contribution is -2.16. The number of benzene rings is 2. The van der Waals surface area contributed by atoms with Crippen LogP contribution in [0.15, 0.2) is 54.7 Å². The Bertz CT molecular complexity index is 1010. The van der Waals surface area contributed by atoms with Crippen molar-refractivity contribution >= 4 is 29.0 Å². The number of rotatable bonds is 3. The van der Waals surface area contributed by atoms with Gasteiger partial charge in [-0.3, -0.25) is 4.79 Å². The van der Waals surface area contributed by atoms with E-state index in [4.69, 9.17) is 17.3 Å². The van der Waals surface area contributed by atoms with Crippen molar-refractivity contribution in [3.8, 4) is 11.1 Å². The molecule has 1 heterocycles. The minimum Gasteiger partial charge on any atom is -0.383 e. The van der Waals surface area contributed by atoms with Crippen LogP contribution in [0.2, 0.25) is 5.02 Å². The molecular weight excluding hydrogens is 391 g/mol. The number of aromatic nitrogens is 1. The number of nitrogens with one attached hydrogen (secondary N) is 1. The largest absolute Gasteiger partial charge is 0.416 e. The molecule has 0 atom stereocenters. The first-order chi connectivity index (χ1) is 13.2. The SMILES string of the molecule is Cc1cccc(Cl)c1NC(=O)c1cc(-c2ccc(C(F)(F)F)cc2)cnc1N. The zero-order chi connectivity index (χ0) is 20.5. The first-order valence-corrected chi connectivity index (χ1v) is 8.54. The van der Waals surface area contributed by atoms with Gasteiger partial charge in [0.1, 0.15) is 5.82 Å². The van der Waals surface area contributed by atoms with Crippen LogP contribution in [0.25, 0.3) is 11.1 Å². The molecule has 0 aliphatic rings. The Hall–Kier alpha value is -3.06. The number of nitrogens with zero attached hydrogens (tertiary/aromatic N) is 1. The molecule has 3 rings (SSSR count). The second kappa shape index (κ2) is 7.52. The molecule has 0 spiro atoms. The van der Waals surface area contributed by atoms with E-state index < -0.39 is 17.6 Å². The molecule has 4 nitrogen and oxygen atoms in total. The van der Waals surface area contributed by atoms with Crippen molar-refractivity contribution in [1.29, 1.82) is 0 Å². The number of anilines is 2. The maximum Gasteiger partial charge on any atom is 0.416 e. The van der Waals surface area contributed by atoms with Crippen molar-refractivity contribution in [3.05, 3.63) is 76.4 Å². The molecule has 0 radical (unpaired) electrons. The van der Waals surface area contributed by atoms with E-state index in [1.54, 1.807) is 25.1 Å². The van der Waals surface area contributed by atoms with Gasteiger partial charge in [0.05, 0.1) is 21.8 Å². The van der Waals surface area contributed by atoms with Gasteiger partial charge < -0.3 is 11.1 Å². The van der Waals surface area contributed by atoms with Gasteiger partial charge in [-0.1, -0.05) is 35.9 Å². The molecule has 28 heavy (non-hydrogen) atoms. The average molecular weight is 406 g/mol. The quantitative estimate of drug-likeness (QED) is 0.599. The molecule has 8 heteroatoms. The summed E-state index contributed by atoms with van der Waals surface area (Å²) >= 11 is 6.13. The highest BCUT2D eigenvalue weighted by molar-refractivity contribution is 6.34. The lowest BCUT2D eigenvalue weighted by molar-refractivity contribution is -0.137. The zero-order valence-electron chi connectivity index (χ0n) is 14.6. The number of hydrogen-bond acceptors (Lipinski definition) is 3. The number of halogens is 4. The first kappa shape index (κ1) is 19.7. The molecule has 0 fully saturated rings. The summed E-state index contributed by atoms with van der Waals surface area (Å²) in [6.45, 7) is 1.79. The van der Waals surface area contributed by atoms with Crippen LogP contribution in [-0.2, 0) is 6.18 Å². The number of para-hydroxylation sites is 1. The summed E-state index contributed by atoms with van der Waals surface area (Å²) in [6.07, 6.45) is -3.02. The molecule has 0 unspecified atom stereocenters. The Morgan fingerprint density at radius 2 is 1.79 bits per heavy atom. The Kier molecular flexibility index (Phi) is 5.29. The molecule has 144 valence electrons. The molecular formula is C20H15ClF3N3O.